The molecule has 0 aliphatic rings. The highest BCUT2D eigenvalue weighted by atomic mass is 79.9. The number of halogens is 1. The second-order valence-corrected chi connectivity index (χ2v) is 7.81. The zero-order valence-corrected chi connectivity index (χ0v) is 15.5. The Bertz CT molecular complexity index is 849. The summed E-state index contributed by atoms with van der Waals surface area (Å²) in [6.07, 6.45) is 0. The number of carbonyl (C=O) groups is 1. The Morgan fingerprint density at radius 2 is 1.83 bits per heavy atom. The van der Waals surface area contributed by atoms with Gasteiger partial charge >= 0.3 is 5.97 Å². The van der Waals surface area contributed by atoms with Gasteiger partial charge in [0.15, 0.2) is 0 Å². The largest absolute Gasteiger partial charge is 0.495 e. The number of aliphatic carboxylic acids is 1. The molecule has 0 fully saturated rings. The molecule has 128 valence electrons. The number of hydrogen-bond acceptors (Lipinski definition) is 4. The van der Waals surface area contributed by atoms with Gasteiger partial charge in [-0.1, -0.05) is 22.0 Å². The molecular weight excluding hydrogens is 398 g/mol. The highest BCUT2D eigenvalue weighted by molar-refractivity contribution is 9.10. The molecule has 0 spiro atoms. The van der Waals surface area contributed by atoms with Gasteiger partial charge in [0.2, 0.25) is 0 Å². The number of benzene rings is 2. The second kappa shape index (κ2) is 7.23. The standard InChI is InChI=1S/C16H16BrNO5S/c1-11-3-8-15(23-2)14(9-11)18(10-16(19)20)24(21,22)13-6-4-12(17)5-7-13/h3-9H,10H2,1-2H3,(H,19,20). The van der Waals surface area contributed by atoms with Crippen molar-refractivity contribution < 1.29 is 23.1 Å². The summed E-state index contributed by atoms with van der Waals surface area (Å²) in [4.78, 5) is 11.2. The number of carboxylic acids is 1. The highest BCUT2D eigenvalue weighted by Gasteiger charge is 2.29. The van der Waals surface area contributed by atoms with Crippen molar-refractivity contribution in [1.82, 2.24) is 0 Å². The Morgan fingerprint density at radius 1 is 1.21 bits per heavy atom. The molecule has 8 heteroatoms. The van der Waals surface area contributed by atoms with Crippen LogP contribution < -0.4 is 9.04 Å². The SMILES string of the molecule is COc1ccc(C)cc1N(CC(=O)O)S(=O)(=O)c1ccc(Br)cc1. The first-order chi connectivity index (χ1) is 11.3. The zero-order chi connectivity index (χ0) is 17.9. The fourth-order valence-electron chi connectivity index (χ4n) is 2.15. The van der Waals surface area contributed by atoms with Crippen LogP contribution in [-0.4, -0.2) is 33.1 Å². The van der Waals surface area contributed by atoms with Crippen LogP contribution in [0.15, 0.2) is 51.8 Å². The van der Waals surface area contributed by atoms with Gasteiger partial charge in [-0.05, 0) is 48.9 Å². The molecule has 0 atom stereocenters. The van der Waals surface area contributed by atoms with Crippen LogP contribution in [0.5, 0.6) is 5.75 Å². The van der Waals surface area contributed by atoms with Crippen LogP contribution in [0.2, 0.25) is 0 Å². The minimum absolute atomic E-state index is 0.00416. The van der Waals surface area contributed by atoms with Gasteiger partial charge in [0.1, 0.15) is 12.3 Å². The Morgan fingerprint density at radius 3 is 2.38 bits per heavy atom. The first-order valence-electron chi connectivity index (χ1n) is 6.90. The summed E-state index contributed by atoms with van der Waals surface area (Å²) in [5.41, 5.74) is 0.968. The van der Waals surface area contributed by atoms with Crippen molar-refractivity contribution in [3.8, 4) is 5.75 Å². The Labute approximate surface area is 148 Å². The molecule has 6 nitrogen and oxygen atoms in total. The van der Waals surface area contributed by atoms with E-state index >= 15 is 0 Å². The van der Waals surface area contributed by atoms with Crippen LogP contribution in [0.25, 0.3) is 0 Å². The van der Waals surface area contributed by atoms with Gasteiger partial charge in [0.05, 0.1) is 17.7 Å². The van der Waals surface area contributed by atoms with Crippen LogP contribution >= 0.6 is 15.9 Å². The van der Waals surface area contributed by atoms with E-state index in [2.05, 4.69) is 15.9 Å². The molecule has 0 heterocycles. The van der Waals surface area contributed by atoms with Crippen LogP contribution in [0.1, 0.15) is 5.56 Å². The molecule has 24 heavy (non-hydrogen) atoms. The maximum atomic E-state index is 13.0. The van der Waals surface area contributed by atoms with E-state index in [1.54, 1.807) is 37.3 Å². The monoisotopic (exact) mass is 413 g/mol. The zero-order valence-electron chi connectivity index (χ0n) is 13.1. The summed E-state index contributed by atoms with van der Waals surface area (Å²) in [6, 6.07) is 10.9. The molecule has 1 N–H and O–H groups in total. The lowest BCUT2D eigenvalue weighted by atomic mass is 10.2. The molecule has 0 saturated carbocycles. The lowest BCUT2D eigenvalue weighted by molar-refractivity contribution is -0.135. The van der Waals surface area contributed by atoms with E-state index < -0.39 is 22.5 Å². The van der Waals surface area contributed by atoms with Gasteiger partial charge in [-0.2, -0.15) is 0 Å². The third-order valence-corrected chi connectivity index (χ3v) is 5.59. The van der Waals surface area contributed by atoms with Crippen molar-refractivity contribution in [2.24, 2.45) is 0 Å². The molecule has 0 saturated heterocycles. The number of anilines is 1. The van der Waals surface area contributed by atoms with Crippen LogP contribution in [-0.2, 0) is 14.8 Å². The van der Waals surface area contributed by atoms with Crippen molar-refractivity contribution in [3.63, 3.8) is 0 Å². The third-order valence-electron chi connectivity index (χ3n) is 3.28. The van der Waals surface area contributed by atoms with Gasteiger partial charge in [0.25, 0.3) is 10.0 Å². The van der Waals surface area contributed by atoms with E-state index in [-0.39, 0.29) is 16.3 Å². The summed E-state index contributed by atoms with van der Waals surface area (Å²) in [6.45, 7) is 1.08. The molecule has 0 aliphatic heterocycles. The molecular formula is C16H16BrNO5S. The summed E-state index contributed by atoms with van der Waals surface area (Å²) in [5, 5.41) is 9.18. The maximum absolute atomic E-state index is 13.0. The minimum atomic E-state index is -4.06. The van der Waals surface area contributed by atoms with Crippen molar-refractivity contribution in [3.05, 3.63) is 52.5 Å². The predicted molar refractivity (Wildman–Crippen MR) is 94.0 cm³/mol. The van der Waals surface area contributed by atoms with E-state index in [4.69, 9.17) is 4.74 Å². The van der Waals surface area contributed by atoms with Crippen molar-refractivity contribution in [2.45, 2.75) is 11.8 Å². The third kappa shape index (κ3) is 3.88. The molecule has 0 aliphatic carbocycles. The number of hydrogen-bond donors (Lipinski definition) is 1. The molecule has 2 aromatic rings. The van der Waals surface area contributed by atoms with E-state index in [1.807, 2.05) is 0 Å². The fourth-order valence-corrected chi connectivity index (χ4v) is 3.83. The summed E-state index contributed by atoms with van der Waals surface area (Å²) in [7, 11) is -2.66. The minimum Gasteiger partial charge on any atom is -0.495 e. The van der Waals surface area contributed by atoms with E-state index in [0.29, 0.717) is 0 Å². The summed E-state index contributed by atoms with van der Waals surface area (Å²) >= 11 is 3.24. The molecule has 0 unspecified atom stereocenters. The smallest absolute Gasteiger partial charge is 0.324 e. The molecule has 0 aromatic heterocycles. The Balaban J connectivity index is 2.63. The van der Waals surface area contributed by atoms with E-state index in [9.17, 15) is 18.3 Å². The second-order valence-electron chi connectivity index (χ2n) is 5.03. The van der Waals surface area contributed by atoms with Crippen LogP contribution in [0.4, 0.5) is 5.69 Å². The number of sulfonamides is 1. The molecule has 2 aromatic carbocycles. The molecule has 0 bridgehead atoms. The van der Waals surface area contributed by atoms with Crippen LogP contribution in [0, 0.1) is 6.92 Å². The number of aryl methyl sites for hydroxylation is 1. The van der Waals surface area contributed by atoms with E-state index in [0.717, 1.165) is 14.3 Å². The number of nitrogens with zero attached hydrogens (tertiary/aromatic N) is 1. The quantitative estimate of drug-likeness (QED) is 0.786. The number of methoxy groups -OCH3 is 1. The van der Waals surface area contributed by atoms with Gasteiger partial charge in [-0.25, -0.2) is 8.42 Å². The van der Waals surface area contributed by atoms with Gasteiger partial charge < -0.3 is 9.84 Å². The van der Waals surface area contributed by atoms with Gasteiger partial charge in [-0.3, -0.25) is 9.10 Å². The fraction of sp³-hybridized carbons (Fsp3) is 0.188. The van der Waals surface area contributed by atoms with Crippen LogP contribution in [0.3, 0.4) is 0 Å². The van der Waals surface area contributed by atoms with Gasteiger partial charge in [-0.15, -0.1) is 0 Å². The van der Waals surface area contributed by atoms with Gasteiger partial charge in [0, 0.05) is 4.47 Å². The van der Waals surface area contributed by atoms with Crippen molar-refractivity contribution in [1.29, 1.82) is 0 Å². The number of ether oxygens (including phenoxy) is 1. The highest BCUT2D eigenvalue weighted by Crippen LogP contribution is 2.33. The lowest BCUT2D eigenvalue weighted by Crippen LogP contribution is -2.36. The topological polar surface area (TPSA) is 83.9 Å². The Kier molecular flexibility index (Phi) is 5.51. The first kappa shape index (κ1) is 18.3. The normalized spacial score (nSPS) is 11.1. The average molecular weight is 414 g/mol. The Hall–Kier alpha value is -2.06. The molecule has 0 amide bonds. The molecule has 2 rings (SSSR count). The summed E-state index contributed by atoms with van der Waals surface area (Å²) < 4.78 is 32.7. The van der Waals surface area contributed by atoms with Crippen molar-refractivity contribution in [2.75, 3.05) is 18.0 Å². The average Bonchev–Trinajstić information content (AvgIpc) is 2.52. The van der Waals surface area contributed by atoms with E-state index in [1.165, 1.54) is 19.2 Å². The first-order valence-corrected chi connectivity index (χ1v) is 9.13. The lowest BCUT2D eigenvalue weighted by Gasteiger charge is -2.25. The predicted octanol–water partition coefficient (Wildman–Crippen LogP) is 3.05. The summed E-state index contributed by atoms with van der Waals surface area (Å²) in [5.74, 6) is -0.984. The number of carboxylic acid groups (broad SMARTS) is 1. The number of rotatable bonds is 6. The molecule has 0 radical (unpaired) electrons. The van der Waals surface area contributed by atoms with Crippen molar-refractivity contribution >= 4 is 37.6 Å². The maximum Gasteiger partial charge on any atom is 0.324 e.